The van der Waals surface area contributed by atoms with Crippen molar-refractivity contribution in [3.05, 3.63) is 107 Å². The molecule has 0 unspecified atom stereocenters. The predicted octanol–water partition coefficient (Wildman–Crippen LogP) is 3.80. The maximum atomic E-state index is 12.6. The van der Waals surface area contributed by atoms with E-state index in [2.05, 4.69) is 36.5 Å². The van der Waals surface area contributed by atoms with Gasteiger partial charge in [0, 0.05) is 24.9 Å². The number of carbonyl (C=O) groups is 3. The summed E-state index contributed by atoms with van der Waals surface area (Å²) in [6.45, 7) is 2.57. The SMILES string of the molecule is CC(CNC(=O)CCN1C(=O)c2ccccc2C1=O)(c1ccccc1)c1ccccc1. The van der Waals surface area contributed by atoms with E-state index in [1.165, 1.54) is 0 Å². The van der Waals surface area contributed by atoms with Crippen molar-refractivity contribution < 1.29 is 14.4 Å². The topological polar surface area (TPSA) is 66.5 Å². The second-order valence-corrected chi connectivity index (χ2v) is 7.90. The number of imide groups is 1. The average Bonchev–Trinajstić information content (AvgIpc) is 3.07. The molecule has 3 aromatic rings. The first-order valence-corrected chi connectivity index (χ1v) is 10.3. The monoisotopic (exact) mass is 412 g/mol. The van der Waals surface area contributed by atoms with E-state index in [4.69, 9.17) is 0 Å². The highest BCUT2D eigenvalue weighted by Crippen LogP contribution is 2.31. The minimum absolute atomic E-state index is 0.0606. The van der Waals surface area contributed by atoms with Crippen LogP contribution in [0.4, 0.5) is 0 Å². The van der Waals surface area contributed by atoms with Gasteiger partial charge < -0.3 is 5.32 Å². The number of rotatable bonds is 7. The maximum Gasteiger partial charge on any atom is 0.261 e. The second kappa shape index (κ2) is 8.56. The van der Waals surface area contributed by atoms with Crippen molar-refractivity contribution in [2.45, 2.75) is 18.8 Å². The van der Waals surface area contributed by atoms with E-state index in [1.54, 1.807) is 24.3 Å². The Balaban J connectivity index is 1.43. The van der Waals surface area contributed by atoms with E-state index < -0.39 is 5.41 Å². The van der Waals surface area contributed by atoms with Crippen LogP contribution in [0.15, 0.2) is 84.9 Å². The number of amides is 3. The molecule has 156 valence electrons. The lowest BCUT2D eigenvalue weighted by atomic mass is 9.76. The lowest BCUT2D eigenvalue weighted by Crippen LogP contribution is -2.41. The summed E-state index contributed by atoms with van der Waals surface area (Å²) in [5.74, 6) is -0.881. The smallest absolute Gasteiger partial charge is 0.261 e. The van der Waals surface area contributed by atoms with Crippen molar-refractivity contribution in [2.24, 2.45) is 0 Å². The zero-order valence-corrected chi connectivity index (χ0v) is 17.4. The van der Waals surface area contributed by atoms with Crippen LogP contribution in [0.5, 0.6) is 0 Å². The van der Waals surface area contributed by atoms with Crippen LogP contribution in [0.3, 0.4) is 0 Å². The Labute approximate surface area is 181 Å². The molecular formula is C26H24N2O3. The quantitative estimate of drug-likeness (QED) is 0.601. The first-order valence-electron chi connectivity index (χ1n) is 10.3. The van der Waals surface area contributed by atoms with Gasteiger partial charge in [-0.05, 0) is 30.2 Å². The number of benzene rings is 3. The van der Waals surface area contributed by atoms with Crippen LogP contribution in [-0.4, -0.2) is 35.7 Å². The molecule has 31 heavy (non-hydrogen) atoms. The molecule has 0 atom stereocenters. The van der Waals surface area contributed by atoms with E-state index in [0.29, 0.717) is 17.7 Å². The minimum atomic E-state index is -0.409. The van der Waals surface area contributed by atoms with E-state index in [0.717, 1.165) is 16.0 Å². The highest BCUT2D eigenvalue weighted by Gasteiger charge is 2.35. The van der Waals surface area contributed by atoms with Gasteiger partial charge in [0.05, 0.1) is 11.1 Å². The summed E-state index contributed by atoms with van der Waals surface area (Å²) in [6.07, 6.45) is 0.0606. The molecular weight excluding hydrogens is 388 g/mol. The number of nitrogens with zero attached hydrogens (tertiary/aromatic N) is 1. The molecule has 3 amide bonds. The minimum Gasteiger partial charge on any atom is -0.355 e. The largest absolute Gasteiger partial charge is 0.355 e. The summed E-state index contributed by atoms with van der Waals surface area (Å²) < 4.78 is 0. The van der Waals surface area contributed by atoms with Crippen LogP contribution in [0.25, 0.3) is 0 Å². The van der Waals surface area contributed by atoms with Crippen LogP contribution < -0.4 is 5.32 Å². The Morgan fingerprint density at radius 3 is 1.71 bits per heavy atom. The number of hydrogen-bond donors (Lipinski definition) is 1. The van der Waals surface area contributed by atoms with Crippen LogP contribution >= 0.6 is 0 Å². The van der Waals surface area contributed by atoms with Gasteiger partial charge in [0.15, 0.2) is 0 Å². The molecule has 0 bridgehead atoms. The van der Waals surface area contributed by atoms with E-state index >= 15 is 0 Å². The number of carbonyl (C=O) groups excluding carboxylic acids is 3. The fourth-order valence-electron chi connectivity index (χ4n) is 4.00. The molecule has 5 nitrogen and oxygen atoms in total. The van der Waals surface area contributed by atoms with Gasteiger partial charge in [-0.15, -0.1) is 0 Å². The highest BCUT2D eigenvalue weighted by atomic mass is 16.2. The Morgan fingerprint density at radius 1 is 0.774 bits per heavy atom. The molecule has 5 heteroatoms. The highest BCUT2D eigenvalue weighted by molar-refractivity contribution is 6.21. The summed E-state index contributed by atoms with van der Waals surface area (Å²) in [6, 6.07) is 26.8. The Hall–Kier alpha value is -3.73. The second-order valence-electron chi connectivity index (χ2n) is 7.90. The number of hydrogen-bond acceptors (Lipinski definition) is 3. The molecule has 0 aliphatic carbocycles. The van der Waals surface area contributed by atoms with Crippen LogP contribution in [-0.2, 0) is 10.2 Å². The van der Waals surface area contributed by atoms with Crippen LogP contribution in [0.2, 0.25) is 0 Å². The summed E-state index contributed by atoms with van der Waals surface area (Å²) in [5, 5.41) is 3.01. The standard InChI is InChI=1S/C26H24N2O3/c1-26(19-10-4-2-5-11-19,20-12-6-3-7-13-20)18-27-23(29)16-17-28-24(30)21-14-8-9-15-22(21)25(28)31/h2-15H,16-18H2,1H3,(H,27,29). The Kier molecular flexibility index (Phi) is 5.67. The first-order chi connectivity index (χ1) is 15.0. The van der Waals surface area contributed by atoms with Gasteiger partial charge in [-0.1, -0.05) is 72.8 Å². The third-order valence-electron chi connectivity index (χ3n) is 5.90. The fourth-order valence-corrected chi connectivity index (χ4v) is 4.00. The van der Waals surface area contributed by atoms with E-state index in [9.17, 15) is 14.4 Å². The normalized spacial score (nSPS) is 13.3. The molecule has 0 radical (unpaired) electrons. The van der Waals surface area contributed by atoms with Gasteiger partial charge in [-0.2, -0.15) is 0 Å². The van der Waals surface area contributed by atoms with Gasteiger partial charge in [-0.25, -0.2) is 0 Å². The lowest BCUT2D eigenvalue weighted by molar-refractivity contribution is -0.121. The van der Waals surface area contributed by atoms with Crippen molar-refractivity contribution in [2.75, 3.05) is 13.1 Å². The molecule has 0 saturated heterocycles. The maximum absolute atomic E-state index is 12.6. The average molecular weight is 412 g/mol. The molecule has 0 spiro atoms. The predicted molar refractivity (Wildman–Crippen MR) is 119 cm³/mol. The summed E-state index contributed by atoms with van der Waals surface area (Å²) in [5.41, 5.74) is 2.58. The number of nitrogens with one attached hydrogen (secondary N) is 1. The van der Waals surface area contributed by atoms with E-state index in [1.807, 2.05) is 36.4 Å². The van der Waals surface area contributed by atoms with Gasteiger partial charge >= 0.3 is 0 Å². The Morgan fingerprint density at radius 2 is 1.23 bits per heavy atom. The summed E-state index contributed by atoms with van der Waals surface area (Å²) in [4.78, 5) is 38.7. The molecule has 1 aliphatic heterocycles. The van der Waals surface area contributed by atoms with Crippen molar-refractivity contribution in [3.8, 4) is 0 Å². The van der Waals surface area contributed by atoms with Gasteiger partial charge in [0.1, 0.15) is 0 Å². The van der Waals surface area contributed by atoms with E-state index in [-0.39, 0.29) is 30.7 Å². The molecule has 1 N–H and O–H groups in total. The van der Waals surface area contributed by atoms with Crippen molar-refractivity contribution in [1.82, 2.24) is 10.2 Å². The van der Waals surface area contributed by atoms with Gasteiger partial charge in [0.25, 0.3) is 11.8 Å². The lowest BCUT2D eigenvalue weighted by Gasteiger charge is -2.31. The molecule has 3 aromatic carbocycles. The molecule has 0 saturated carbocycles. The summed E-state index contributed by atoms with van der Waals surface area (Å²) >= 11 is 0. The number of fused-ring (bicyclic) bond motifs is 1. The molecule has 1 aliphatic rings. The van der Waals surface area contributed by atoms with Crippen molar-refractivity contribution in [3.63, 3.8) is 0 Å². The van der Waals surface area contributed by atoms with Gasteiger partial charge in [-0.3, -0.25) is 19.3 Å². The van der Waals surface area contributed by atoms with Crippen molar-refractivity contribution >= 4 is 17.7 Å². The summed E-state index contributed by atoms with van der Waals surface area (Å²) in [7, 11) is 0. The third-order valence-corrected chi connectivity index (χ3v) is 5.90. The molecule has 1 heterocycles. The third kappa shape index (κ3) is 3.99. The van der Waals surface area contributed by atoms with Crippen molar-refractivity contribution in [1.29, 1.82) is 0 Å². The molecule has 0 fully saturated rings. The first kappa shape index (κ1) is 20.5. The van der Waals surface area contributed by atoms with Gasteiger partial charge in [0.2, 0.25) is 5.91 Å². The van der Waals surface area contributed by atoms with Crippen LogP contribution in [0, 0.1) is 0 Å². The Bertz CT molecular complexity index is 1040. The molecule has 4 rings (SSSR count). The fraction of sp³-hybridized carbons (Fsp3) is 0.192. The molecule has 0 aromatic heterocycles. The zero-order valence-electron chi connectivity index (χ0n) is 17.4. The van der Waals surface area contributed by atoms with Crippen LogP contribution in [0.1, 0.15) is 45.2 Å². The zero-order chi connectivity index (χ0) is 21.8.